The van der Waals surface area contributed by atoms with Crippen LogP contribution in [0.4, 0.5) is 0 Å². The number of carbonyl (C=O) groups is 1. The lowest BCUT2D eigenvalue weighted by Crippen LogP contribution is -2.57. The fourth-order valence-electron chi connectivity index (χ4n) is 3.76. The van der Waals surface area contributed by atoms with Crippen molar-refractivity contribution < 1.29 is 4.79 Å². The van der Waals surface area contributed by atoms with E-state index in [0.29, 0.717) is 13.1 Å². The van der Waals surface area contributed by atoms with Crippen molar-refractivity contribution in [2.24, 2.45) is 5.73 Å². The molecule has 5 nitrogen and oxygen atoms in total. The number of hydrogen-bond donors (Lipinski definition) is 1. The van der Waals surface area contributed by atoms with Crippen molar-refractivity contribution in [2.45, 2.75) is 44.6 Å². The second-order valence-corrected chi connectivity index (χ2v) is 6.74. The standard InChI is InChI=1S/C16H32N4O/c1-3-8-20(16(14-17)6-4-5-7-16)13-15(21)19-11-9-18(2)10-12-19/h3-14,17H2,1-2H3. The maximum absolute atomic E-state index is 12.6. The number of rotatable bonds is 6. The predicted octanol–water partition coefficient (Wildman–Crippen LogP) is 0.744. The van der Waals surface area contributed by atoms with Crippen LogP contribution in [0, 0.1) is 0 Å². The molecule has 5 heteroatoms. The largest absolute Gasteiger partial charge is 0.339 e. The molecule has 1 saturated carbocycles. The molecule has 0 unspecified atom stereocenters. The molecule has 2 rings (SSSR count). The zero-order valence-electron chi connectivity index (χ0n) is 13.8. The number of amides is 1. The molecule has 2 aliphatic rings. The van der Waals surface area contributed by atoms with Gasteiger partial charge in [-0.3, -0.25) is 9.69 Å². The lowest BCUT2D eigenvalue weighted by Gasteiger charge is -2.42. The highest BCUT2D eigenvalue weighted by molar-refractivity contribution is 5.78. The van der Waals surface area contributed by atoms with Crippen molar-refractivity contribution in [1.82, 2.24) is 14.7 Å². The number of nitrogens with two attached hydrogens (primary N) is 1. The average molecular weight is 296 g/mol. The van der Waals surface area contributed by atoms with Crippen molar-refractivity contribution in [3.8, 4) is 0 Å². The van der Waals surface area contributed by atoms with E-state index in [-0.39, 0.29) is 11.4 Å². The van der Waals surface area contributed by atoms with E-state index in [0.717, 1.165) is 52.0 Å². The quantitative estimate of drug-likeness (QED) is 0.786. The summed E-state index contributed by atoms with van der Waals surface area (Å²) in [4.78, 5) is 19.3. The van der Waals surface area contributed by atoms with Crippen LogP contribution in [0.5, 0.6) is 0 Å². The first-order valence-corrected chi connectivity index (χ1v) is 8.53. The van der Waals surface area contributed by atoms with Crippen molar-refractivity contribution in [1.29, 1.82) is 0 Å². The maximum atomic E-state index is 12.6. The summed E-state index contributed by atoms with van der Waals surface area (Å²) in [6, 6.07) is 0. The predicted molar refractivity (Wildman–Crippen MR) is 86.2 cm³/mol. The van der Waals surface area contributed by atoms with Crippen LogP contribution in [0.25, 0.3) is 0 Å². The summed E-state index contributed by atoms with van der Waals surface area (Å²) < 4.78 is 0. The number of carbonyl (C=O) groups excluding carboxylic acids is 1. The Morgan fingerprint density at radius 2 is 1.81 bits per heavy atom. The fourth-order valence-corrected chi connectivity index (χ4v) is 3.76. The van der Waals surface area contributed by atoms with Gasteiger partial charge in [-0.15, -0.1) is 0 Å². The summed E-state index contributed by atoms with van der Waals surface area (Å²) in [5.74, 6) is 0.288. The minimum atomic E-state index is 0.0816. The first kappa shape index (κ1) is 16.7. The summed E-state index contributed by atoms with van der Waals surface area (Å²) in [7, 11) is 2.12. The third-order valence-corrected chi connectivity index (χ3v) is 5.26. The third kappa shape index (κ3) is 3.96. The first-order chi connectivity index (χ1) is 10.1. The zero-order valence-corrected chi connectivity index (χ0v) is 13.8. The molecule has 0 spiro atoms. The fraction of sp³-hybridized carbons (Fsp3) is 0.938. The van der Waals surface area contributed by atoms with Gasteiger partial charge in [-0.25, -0.2) is 0 Å². The molecule has 0 bridgehead atoms. The number of nitrogens with zero attached hydrogens (tertiary/aromatic N) is 3. The molecular weight excluding hydrogens is 264 g/mol. The van der Waals surface area contributed by atoms with Gasteiger partial charge >= 0.3 is 0 Å². The summed E-state index contributed by atoms with van der Waals surface area (Å²) in [6.07, 6.45) is 5.89. The molecule has 122 valence electrons. The Morgan fingerprint density at radius 3 is 2.33 bits per heavy atom. The first-order valence-electron chi connectivity index (χ1n) is 8.53. The van der Waals surface area contributed by atoms with Crippen LogP contribution in [0.15, 0.2) is 0 Å². The van der Waals surface area contributed by atoms with Crippen molar-refractivity contribution in [2.75, 3.05) is 52.9 Å². The van der Waals surface area contributed by atoms with Crippen molar-refractivity contribution in [3.05, 3.63) is 0 Å². The van der Waals surface area contributed by atoms with Gasteiger partial charge in [0.25, 0.3) is 0 Å². The van der Waals surface area contributed by atoms with Gasteiger partial charge in [-0.2, -0.15) is 0 Å². The van der Waals surface area contributed by atoms with Crippen molar-refractivity contribution >= 4 is 5.91 Å². The second kappa shape index (κ2) is 7.56. The van der Waals surface area contributed by atoms with Gasteiger partial charge in [0.2, 0.25) is 5.91 Å². The lowest BCUT2D eigenvalue weighted by molar-refractivity contribution is -0.135. The monoisotopic (exact) mass is 296 g/mol. The highest BCUT2D eigenvalue weighted by atomic mass is 16.2. The molecule has 21 heavy (non-hydrogen) atoms. The second-order valence-electron chi connectivity index (χ2n) is 6.74. The number of likely N-dealkylation sites (N-methyl/N-ethyl adjacent to an activating group) is 1. The van der Waals surface area contributed by atoms with Gasteiger partial charge in [0.15, 0.2) is 0 Å². The minimum Gasteiger partial charge on any atom is -0.339 e. The smallest absolute Gasteiger partial charge is 0.236 e. The normalized spacial score (nSPS) is 23.0. The highest BCUT2D eigenvalue weighted by Crippen LogP contribution is 2.34. The SMILES string of the molecule is CCCN(CC(=O)N1CCN(C)CC1)C1(CN)CCCC1. The molecule has 0 atom stereocenters. The van der Waals surface area contributed by atoms with Crippen molar-refractivity contribution in [3.63, 3.8) is 0 Å². The molecule has 0 radical (unpaired) electrons. The van der Waals surface area contributed by atoms with Crippen LogP contribution in [0.1, 0.15) is 39.0 Å². The molecule has 0 aromatic heterocycles. The molecule has 1 amide bonds. The van der Waals surface area contributed by atoms with E-state index >= 15 is 0 Å². The van der Waals surface area contributed by atoms with E-state index in [9.17, 15) is 4.79 Å². The Kier molecular flexibility index (Phi) is 6.02. The Hall–Kier alpha value is -0.650. The Labute approximate surface area is 129 Å². The van der Waals surface area contributed by atoms with E-state index in [4.69, 9.17) is 5.73 Å². The molecule has 1 aliphatic carbocycles. The van der Waals surface area contributed by atoms with E-state index in [1.165, 1.54) is 12.8 Å². The molecule has 0 aromatic carbocycles. The summed E-state index contributed by atoms with van der Waals surface area (Å²) in [5, 5.41) is 0. The topological polar surface area (TPSA) is 52.8 Å². The number of piperazine rings is 1. The molecular formula is C16H32N4O. The molecule has 2 fully saturated rings. The lowest BCUT2D eigenvalue weighted by atomic mass is 9.94. The summed E-state index contributed by atoms with van der Waals surface area (Å²) in [5.41, 5.74) is 6.18. The van der Waals surface area contributed by atoms with Crippen LogP contribution in [-0.4, -0.2) is 79.0 Å². The number of hydrogen-bond acceptors (Lipinski definition) is 4. The highest BCUT2D eigenvalue weighted by Gasteiger charge is 2.39. The van der Waals surface area contributed by atoms with Crippen LogP contribution >= 0.6 is 0 Å². The molecule has 1 aliphatic heterocycles. The van der Waals surface area contributed by atoms with Gasteiger partial charge in [0, 0.05) is 38.3 Å². The van der Waals surface area contributed by atoms with E-state index < -0.39 is 0 Å². The zero-order chi connectivity index (χ0) is 15.3. The van der Waals surface area contributed by atoms with Gasteiger partial charge < -0.3 is 15.5 Å². The summed E-state index contributed by atoms with van der Waals surface area (Å²) >= 11 is 0. The molecule has 1 saturated heterocycles. The van der Waals surface area contributed by atoms with Gasteiger partial charge in [0.1, 0.15) is 0 Å². The van der Waals surface area contributed by atoms with Crippen LogP contribution in [-0.2, 0) is 4.79 Å². The average Bonchev–Trinajstić information content (AvgIpc) is 2.97. The Morgan fingerprint density at radius 1 is 1.19 bits per heavy atom. The Bertz CT molecular complexity index is 333. The molecule has 1 heterocycles. The Balaban J connectivity index is 1.97. The van der Waals surface area contributed by atoms with Crippen LogP contribution < -0.4 is 5.73 Å². The van der Waals surface area contributed by atoms with E-state index in [1.807, 2.05) is 4.90 Å². The molecule has 0 aromatic rings. The van der Waals surface area contributed by atoms with Crippen LogP contribution in [0.3, 0.4) is 0 Å². The van der Waals surface area contributed by atoms with Gasteiger partial charge in [-0.1, -0.05) is 19.8 Å². The molecule has 2 N–H and O–H groups in total. The van der Waals surface area contributed by atoms with Gasteiger partial charge in [0.05, 0.1) is 6.54 Å². The summed E-state index contributed by atoms with van der Waals surface area (Å²) in [6.45, 7) is 8.11. The van der Waals surface area contributed by atoms with Crippen LogP contribution in [0.2, 0.25) is 0 Å². The van der Waals surface area contributed by atoms with E-state index in [2.05, 4.69) is 23.8 Å². The van der Waals surface area contributed by atoms with E-state index in [1.54, 1.807) is 0 Å². The third-order valence-electron chi connectivity index (χ3n) is 5.26. The maximum Gasteiger partial charge on any atom is 0.236 e. The minimum absolute atomic E-state index is 0.0816. The van der Waals surface area contributed by atoms with Gasteiger partial charge in [-0.05, 0) is 32.9 Å².